The fourth-order valence-corrected chi connectivity index (χ4v) is 2.89. The molecule has 0 radical (unpaired) electrons. The number of benzene rings is 2. The smallest absolute Gasteiger partial charge is 0.331 e. The Morgan fingerprint density at radius 1 is 1.08 bits per heavy atom. The largest absolute Gasteiger partial charge is 0.425 e. The molecule has 0 saturated carbocycles. The van der Waals surface area contributed by atoms with Gasteiger partial charge in [-0.25, -0.2) is 9.59 Å². The van der Waals surface area contributed by atoms with Gasteiger partial charge in [0.15, 0.2) is 0 Å². The molecule has 1 N–H and O–H groups in total. The Hall–Kier alpha value is -3.15. The van der Waals surface area contributed by atoms with E-state index in [1.54, 1.807) is 37.3 Å². The molecule has 0 bridgehead atoms. The number of rotatable bonds is 4. The number of nitrogens with zero attached hydrogens (tertiary/aromatic N) is 1. The first-order chi connectivity index (χ1) is 12.3. The van der Waals surface area contributed by atoms with Crippen molar-refractivity contribution >= 4 is 17.9 Å². The Balaban J connectivity index is 1.74. The third-order valence-corrected chi connectivity index (χ3v) is 4.41. The molecule has 0 aromatic heterocycles. The number of carbonyl (C=O) groups excluding carboxylic acids is 3. The highest BCUT2D eigenvalue weighted by atomic mass is 16.5. The average molecular weight is 352 g/mol. The molecule has 6 nitrogen and oxygen atoms in total. The maximum Gasteiger partial charge on any atom is 0.331 e. The first-order valence-electron chi connectivity index (χ1n) is 8.28. The van der Waals surface area contributed by atoms with E-state index in [9.17, 15) is 14.4 Å². The lowest BCUT2D eigenvalue weighted by molar-refractivity contribution is -0.140. The lowest BCUT2D eigenvalue weighted by Crippen LogP contribution is -2.41. The van der Waals surface area contributed by atoms with Crippen LogP contribution in [-0.2, 0) is 15.1 Å². The summed E-state index contributed by atoms with van der Waals surface area (Å²) in [5.74, 6) is -0.775. The number of hydrogen-bond acceptors (Lipinski definition) is 4. The van der Waals surface area contributed by atoms with E-state index in [4.69, 9.17) is 4.74 Å². The van der Waals surface area contributed by atoms with Crippen LogP contribution in [0.25, 0.3) is 0 Å². The van der Waals surface area contributed by atoms with Gasteiger partial charge in [0.2, 0.25) is 0 Å². The minimum atomic E-state index is -1.20. The maximum atomic E-state index is 12.8. The Bertz CT molecular complexity index is 876. The van der Waals surface area contributed by atoms with Gasteiger partial charge < -0.3 is 10.1 Å². The highest BCUT2D eigenvalue weighted by molar-refractivity contribution is 6.08. The Labute approximate surface area is 151 Å². The molecule has 26 heavy (non-hydrogen) atoms. The van der Waals surface area contributed by atoms with Crippen molar-refractivity contribution in [2.45, 2.75) is 26.3 Å². The van der Waals surface area contributed by atoms with Crippen molar-refractivity contribution in [3.63, 3.8) is 0 Å². The van der Waals surface area contributed by atoms with Gasteiger partial charge in [-0.3, -0.25) is 9.69 Å². The van der Waals surface area contributed by atoms with Crippen LogP contribution < -0.4 is 10.1 Å². The predicted octanol–water partition coefficient (Wildman–Crippen LogP) is 2.68. The third kappa shape index (κ3) is 3.31. The van der Waals surface area contributed by atoms with Crippen LogP contribution >= 0.6 is 0 Å². The van der Waals surface area contributed by atoms with Crippen molar-refractivity contribution < 1.29 is 19.1 Å². The molecule has 1 aliphatic heterocycles. The van der Waals surface area contributed by atoms with E-state index in [0.717, 1.165) is 16.0 Å². The molecule has 1 unspecified atom stereocenters. The molecule has 0 spiro atoms. The summed E-state index contributed by atoms with van der Waals surface area (Å²) in [6.45, 7) is 5.00. The summed E-state index contributed by atoms with van der Waals surface area (Å²) in [4.78, 5) is 38.1. The zero-order valence-electron chi connectivity index (χ0n) is 14.9. The average Bonchev–Trinajstić information content (AvgIpc) is 2.79. The monoisotopic (exact) mass is 352 g/mol. The fraction of sp³-hybridized carbons (Fsp3) is 0.250. The van der Waals surface area contributed by atoms with E-state index in [0.29, 0.717) is 11.3 Å². The second kappa shape index (κ2) is 6.63. The summed E-state index contributed by atoms with van der Waals surface area (Å²) in [5, 5.41) is 2.67. The van der Waals surface area contributed by atoms with Gasteiger partial charge in [-0.05, 0) is 44.0 Å². The summed E-state index contributed by atoms with van der Waals surface area (Å²) >= 11 is 0. The number of amides is 3. The number of urea groups is 1. The van der Waals surface area contributed by atoms with Gasteiger partial charge in [0.1, 0.15) is 17.8 Å². The molecule has 3 amide bonds. The van der Waals surface area contributed by atoms with Crippen molar-refractivity contribution in [3.05, 3.63) is 65.2 Å². The fourth-order valence-electron chi connectivity index (χ4n) is 2.89. The Morgan fingerprint density at radius 2 is 1.77 bits per heavy atom. The third-order valence-electron chi connectivity index (χ3n) is 4.41. The maximum absolute atomic E-state index is 12.8. The summed E-state index contributed by atoms with van der Waals surface area (Å²) < 4.78 is 5.23. The van der Waals surface area contributed by atoms with Crippen LogP contribution in [0, 0.1) is 13.8 Å². The van der Waals surface area contributed by atoms with E-state index in [1.165, 1.54) is 0 Å². The van der Waals surface area contributed by atoms with Crippen molar-refractivity contribution in [1.29, 1.82) is 0 Å². The van der Waals surface area contributed by atoms with Crippen LogP contribution in [0.15, 0.2) is 48.5 Å². The highest BCUT2D eigenvalue weighted by Gasteiger charge is 2.49. The van der Waals surface area contributed by atoms with Gasteiger partial charge >= 0.3 is 12.0 Å². The molecule has 2 aromatic carbocycles. The van der Waals surface area contributed by atoms with E-state index >= 15 is 0 Å². The summed E-state index contributed by atoms with van der Waals surface area (Å²) in [6.07, 6.45) is 0. The lowest BCUT2D eigenvalue weighted by atomic mass is 9.91. The second-order valence-corrected chi connectivity index (χ2v) is 6.60. The first-order valence-corrected chi connectivity index (χ1v) is 8.28. The van der Waals surface area contributed by atoms with Crippen molar-refractivity contribution in [1.82, 2.24) is 10.2 Å². The van der Waals surface area contributed by atoms with Gasteiger partial charge in [0.05, 0.1) is 0 Å². The molecule has 1 heterocycles. The lowest BCUT2D eigenvalue weighted by Gasteiger charge is -2.22. The van der Waals surface area contributed by atoms with Crippen LogP contribution in [0.3, 0.4) is 0 Å². The number of esters is 1. The predicted molar refractivity (Wildman–Crippen MR) is 95.6 cm³/mol. The number of imide groups is 1. The molecule has 1 fully saturated rings. The van der Waals surface area contributed by atoms with Crippen LogP contribution in [0.5, 0.6) is 5.75 Å². The van der Waals surface area contributed by atoms with E-state index < -0.39 is 30.0 Å². The quantitative estimate of drug-likeness (QED) is 0.521. The SMILES string of the molecule is Cc1ccc(C2(C)NC(=O)N(CC(=O)Oc3cccc(C)c3)C2=O)cc1. The van der Waals surface area contributed by atoms with Crippen molar-refractivity contribution in [2.75, 3.05) is 6.54 Å². The number of hydrogen-bond donors (Lipinski definition) is 1. The van der Waals surface area contributed by atoms with E-state index in [-0.39, 0.29) is 0 Å². The van der Waals surface area contributed by atoms with Crippen LogP contribution in [0.4, 0.5) is 4.79 Å². The summed E-state index contributed by atoms with van der Waals surface area (Å²) in [5.41, 5.74) is 1.45. The van der Waals surface area contributed by atoms with E-state index in [2.05, 4.69) is 5.32 Å². The number of carbonyl (C=O) groups is 3. The van der Waals surface area contributed by atoms with Gasteiger partial charge in [-0.1, -0.05) is 42.0 Å². The molecule has 134 valence electrons. The molecule has 1 aliphatic rings. The molecule has 1 atom stereocenters. The number of nitrogens with one attached hydrogen (secondary N) is 1. The van der Waals surface area contributed by atoms with Crippen LogP contribution in [0.1, 0.15) is 23.6 Å². The van der Waals surface area contributed by atoms with Crippen molar-refractivity contribution in [2.24, 2.45) is 0 Å². The number of aryl methyl sites for hydroxylation is 2. The highest BCUT2D eigenvalue weighted by Crippen LogP contribution is 2.29. The molecule has 3 rings (SSSR count). The second-order valence-electron chi connectivity index (χ2n) is 6.60. The Kier molecular flexibility index (Phi) is 4.50. The molecule has 1 saturated heterocycles. The topological polar surface area (TPSA) is 75.7 Å². The van der Waals surface area contributed by atoms with Gasteiger partial charge in [0.25, 0.3) is 5.91 Å². The molecule has 2 aromatic rings. The minimum absolute atomic E-state index is 0.378. The van der Waals surface area contributed by atoms with E-state index in [1.807, 2.05) is 32.0 Å². The van der Waals surface area contributed by atoms with Gasteiger partial charge in [-0.2, -0.15) is 0 Å². The van der Waals surface area contributed by atoms with Crippen molar-refractivity contribution in [3.8, 4) is 5.75 Å². The number of ether oxygens (including phenoxy) is 1. The van der Waals surface area contributed by atoms with Crippen LogP contribution in [-0.4, -0.2) is 29.4 Å². The van der Waals surface area contributed by atoms with Gasteiger partial charge in [0, 0.05) is 0 Å². The minimum Gasteiger partial charge on any atom is -0.425 e. The standard InChI is InChI=1S/C20H20N2O4/c1-13-7-9-15(10-8-13)20(3)18(24)22(19(25)21-20)12-17(23)26-16-6-4-5-14(2)11-16/h4-11H,12H2,1-3H3,(H,21,25). The zero-order chi connectivity index (χ0) is 18.9. The van der Waals surface area contributed by atoms with Crippen LogP contribution in [0.2, 0.25) is 0 Å². The molecular formula is C20H20N2O4. The summed E-state index contributed by atoms with van der Waals surface area (Å²) in [6, 6.07) is 13.7. The van der Waals surface area contributed by atoms with Gasteiger partial charge in [-0.15, -0.1) is 0 Å². The molecule has 6 heteroatoms. The normalized spacial score (nSPS) is 19.4. The molecular weight excluding hydrogens is 332 g/mol. The zero-order valence-corrected chi connectivity index (χ0v) is 14.9. The Morgan fingerprint density at radius 3 is 2.42 bits per heavy atom. The first kappa shape index (κ1) is 17.7. The summed E-state index contributed by atoms with van der Waals surface area (Å²) in [7, 11) is 0. The molecule has 0 aliphatic carbocycles.